The van der Waals surface area contributed by atoms with E-state index in [1.54, 1.807) is 6.92 Å². The molecule has 0 unspecified atom stereocenters. The SMILES string of the molecule is C=C/C(F)=C(\C)CC. The maximum absolute atomic E-state index is 12.3. The molecular formula is C7H11F. The second-order valence-corrected chi connectivity index (χ2v) is 1.69. The summed E-state index contributed by atoms with van der Waals surface area (Å²) in [5, 5.41) is 0. The van der Waals surface area contributed by atoms with Crippen LogP contribution in [0.25, 0.3) is 0 Å². The van der Waals surface area contributed by atoms with E-state index in [-0.39, 0.29) is 5.83 Å². The van der Waals surface area contributed by atoms with Gasteiger partial charge in [-0.2, -0.15) is 0 Å². The number of hydrogen-bond acceptors (Lipinski definition) is 0. The van der Waals surface area contributed by atoms with Crippen molar-refractivity contribution in [2.45, 2.75) is 20.3 Å². The van der Waals surface area contributed by atoms with Crippen molar-refractivity contribution < 1.29 is 4.39 Å². The summed E-state index contributed by atoms with van der Waals surface area (Å²) in [4.78, 5) is 0. The molecule has 0 aliphatic rings. The minimum Gasteiger partial charge on any atom is -0.207 e. The molecule has 0 N–H and O–H groups in total. The molecule has 0 saturated heterocycles. The summed E-state index contributed by atoms with van der Waals surface area (Å²) in [6.07, 6.45) is 2.00. The van der Waals surface area contributed by atoms with Gasteiger partial charge in [0.25, 0.3) is 0 Å². The van der Waals surface area contributed by atoms with Gasteiger partial charge >= 0.3 is 0 Å². The van der Waals surface area contributed by atoms with Gasteiger partial charge in [0.1, 0.15) is 5.83 Å². The Morgan fingerprint density at radius 2 is 2.25 bits per heavy atom. The third kappa shape index (κ3) is 1.92. The zero-order valence-corrected chi connectivity index (χ0v) is 5.37. The third-order valence-corrected chi connectivity index (χ3v) is 1.12. The molecule has 0 aliphatic heterocycles. The van der Waals surface area contributed by atoms with E-state index >= 15 is 0 Å². The van der Waals surface area contributed by atoms with E-state index in [1.165, 1.54) is 6.08 Å². The molecule has 0 aliphatic carbocycles. The van der Waals surface area contributed by atoms with Gasteiger partial charge in [0, 0.05) is 0 Å². The van der Waals surface area contributed by atoms with Crippen molar-refractivity contribution in [3.8, 4) is 0 Å². The lowest BCUT2D eigenvalue weighted by atomic mass is 10.2. The fourth-order valence-electron chi connectivity index (χ4n) is 0.343. The Bertz CT molecular complexity index is 112. The minimum atomic E-state index is -0.187. The standard InChI is InChI=1S/C7H11F/c1-4-6(3)7(8)5-2/h5H,2,4H2,1,3H3/b7-6-. The molecule has 0 spiro atoms. The van der Waals surface area contributed by atoms with Crippen LogP contribution in [-0.2, 0) is 0 Å². The van der Waals surface area contributed by atoms with Crippen LogP contribution in [-0.4, -0.2) is 0 Å². The summed E-state index contributed by atoms with van der Waals surface area (Å²) >= 11 is 0. The maximum Gasteiger partial charge on any atom is 0.121 e. The highest BCUT2D eigenvalue weighted by atomic mass is 19.1. The smallest absolute Gasteiger partial charge is 0.121 e. The van der Waals surface area contributed by atoms with Gasteiger partial charge in [0.05, 0.1) is 0 Å². The van der Waals surface area contributed by atoms with Crippen molar-refractivity contribution in [2.24, 2.45) is 0 Å². The predicted octanol–water partition coefficient (Wildman–Crippen LogP) is 2.83. The van der Waals surface area contributed by atoms with Gasteiger partial charge in [-0.05, 0) is 25.0 Å². The van der Waals surface area contributed by atoms with E-state index in [9.17, 15) is 4.39 Å². The lowest BCUT2D eigenvalue weighted by molar-refractivity contribution is 0.648. The quantitative estimate of drug-likeness (QED) is 0.484. The first-order valence-corrected chi connectivity index (χ1v) is 2.70. The van der Waals surface area contributed by atoms with E-state index in [0.717, 1.165) is 12.0 Å². The lowest BCUT2D eigenvalue weighted by Gasteiger charge is -1.92. The zero-order valence-electron chi connectivity index (χ0n) is 5.37. The Morgan fingerprint density at radius 3 is 2.38 bits per heavy atom. The highest BCUT2D eigenvalue weighted by molar-refractivity contribution is 5.14. The lowest BCUT2D eigenvalue weighted by Crippen LogP contribution is -1.73. The van der Waals surface area contributed by atoms with Crippen molar-refractivity contribution in [1.82, 2.24) is 0 Å². The van der Waals surface area contributed by atoms with E-state index in [1.807, 2.05) is 6.92 Å². The molecule has 0 saturated carbocycles. The van der Waals surface area contributed by atoms with Crippen LogP contribution in [0.5, 0.6) is 0 Å². The summed E-state index contributed by atoms with van der Waals surface area (Å²) < 4.78 is 12.3. The molecule has 46 valence electrons. The average Bonchev–Trinajstić information content (AvgIpc) is 1.84. The van der Waals surface area contributed by atoms with Gasteiger partial charge in [-0.25, -0.2) is 4.39 Å². The zero-order chi connectivity index (χ0) is 6.57. The van der Waals surface area contributed by atoms with Crippen LogP contribution in [0.4, 0.5) is 4.39 Å². The molecule has 0 bridgehead atoms. The van der Waals surface area contributed by atoms with Crippen LogP contribution < -0.4 is 0 Å². The van der Waals surface area contributed by atoms with Crippen LogP contribution in [0.2, 0.25) is 0 Å². The largest absolute Gasteiger partial charge is 0.207 e. The van der Waals surface area contributed by atoms with Gasteiger partial charge in [0.15, 0.2) is 0 Å². The van der Waals surface area contributed by atoms with E-state index < -0.39 is 0 Å². The maximum atomic E-state index is 12.3. The molecule has 0 aromatic rings. The second-order valence-electron chi connectivity index (χ2n) is 1.69. The van der Waals surface area contributed by atoms with Crippen LogP contribution in [0.15, 0.2) is 24.1 Å². The fraction of sp³-hybridized carbons (Fsp3) is 0.429. The Morgan fingerprint density at radius 1 is 1.75 bits per heavy atom. The summed E-state index contributed by atoms with van der Waals surface area (Å²) in [6, 6.07) is 0. The number of rotatable bonds is 2. The van der Waals surface area contributed by atoms with E-state index in [4.69, 9.17) is 0 Å². The van der Waals surface area contributed by atoms with Crippen LogP contribution in [0, 0.1) is 0 Å². The summed E-state index contributed by atoms with van der Waals surface area (Å²) in [5.74, 6) is -0.187. The normalized spacial score (nSPS) is 12.9. The monoisotopic (exact) mass is 114 g/mol. The second kappa shape index (κ2) is 3.42. The Balaban J connectivity index is 4.03. The summed E-state index contributed by atoms with van der Waals surface area (Å²) in [7, 11) is 0. The summed E-state index contributed by atoms with van der Waals surface area (Å²) in [6.45, 7) is 6.97. The van der Waals surface area contributed by atoms with Gasteiger partial charge < -0.3 is 0 Å². The molecule has 0 heterocycles. The summed E-state index contributed by atoms with van der Waals surface area (Å²) in [5.41, 5.74) is 0.764. The molecule has 0 amide bonds. The predicted molar refractivity (Wildman–Crippen MR) is 34.3 cm³/mol. The molecule has 0 aromatic heterocycles. The Kier molecular flexibility index (Phi) is 3.16. The topological polar surface area (TPSA) is 0 Å². The Hall–Kier alpha value is -0.590. The fourth-order valence-corrected chi connectivity index (χ4v) is 0.343. The first kappa shape index (κ1) is 7.41. The highest BCUT2D eigenvalue weighted by Gasteiger charge is 1.90. The van der Waals surface area contributed by atoms with Crippen molar-refractivity contribution in [3.05, 3.63) is 24.1 Å². The number of halogens is 1. The van der Waals surface area contributed by atoms with Crippen LogP contribution in [0.1, 0.15) is 20.3 Å². The Labute approximate surface area is 49.7 Å². The molecule has 0 aromatic carbocycles. The van der Waals surface area contributed by atoms with Crippen molar-refractivity contribution in [1.29, 1.82) is 0 Å². The van der Waals surface area contributed by atoms with E-state index in [2.05, 4.69) is 6.58 Å². The first-order valence-electron chi connectivity index (χ1n) is 2.70. The molecular weight excluding hydrogens is 103 g/mol. The molecule has 0 rings (SSSR count). The van der Waals surface area contributed by atoms with Gasteiger partial charge in [-0.3, -0.25) is 0 Å². The number of hydrogen-bond donors (Lipinski definition) is 0. The first-order chi connectivity index (χ1) is 3.72. The number of allylic oxidation sites excluding steroid dienone is 3. The molecule has 0 nitrogen and oxygen atoms in total. The minimum absolute atomic E-state index is 0.187. The molecule has 0 radical (unpaired) electrons. The molecule has 1 heteroatoms. The van der Waals surface area contributed by atoms with Crippen molar-refractivity contribution in [2.75, 3.05) is 0 Å². The van der Waals surface area contributed by atoms with Gasteiger partial charge in [-0.15, -0.1) is 0 Å². The van der Waals surface area contributed by atoms with Crippen LogP contribution in [0.3, 0.4) is 0 Å². The van der Waals surface area contributed by atoms with Crippen molar-refractivity contribution >= 4 is 0 Å². The average molecular weight is 114 g/mol. The molecule has 0 fully saturated rings. The third-order valence-electron chi connectivity index (χ3n) is 1.12. The highest BCUT2D eigenvalue weighted by Crippen LogP contribution is 2.08. The van der Waals surface area contributed by atoms with Gasteiger partial charge in [0.2, 0.25) is 0 Å². The van der Waals surface area contributed by atoms with Crippen molar-refractivity contribution in [3.63, 3.8) is 0 Å². The molecule has 0 atom stereocenters. The van der Waals surface area contributed by atoms with E-state index in [0.29, 0.717) is 0 Å². The van der Waals surface area contributed by atoms with Gasteiger partial charge in [-0.1, -0.05) is 13.5 Å². The van der Waals surface area contributed by atoms with Crippen LogP contribution >= 0.6 is 0 Å². The molecule has 8 heavy (non-hydrogen) atoms.